The van der Waals surface area contributed by atoms with Gasteiger partial charge in [-0.1, -0.05) is 41.6 Å². The molecule has 4 nitrogen and oxygen atoms in total. The number of hydrogen-bond donors (Lipinski definition) is 1. The van der Waals surface area contributed by atoms with Crippen LogP contribution < -0.4 is 11.4 Å². The molecule has 3 aromatic rings. The number of aryl methyl sites for hydroxylation is 1. The lowest BCUT2D eigenvalue weighted by molar-refractivity contribution is -0.137. The fraction of sp³-hybridized carbons (Fsp3) is 0.176. The third kappa shape index (κ3) is 3.63. The maximum atomic E-state index is 12.8. The molecular weight excluding hydrogens is 351 g/mol. The van der Waals surface area contributed by atoms with Crippen molar-refractivity contribution in [2.45, 2.75) is 24.0 Å². The number of benzene rings is 2. The van der Waals surface area contributed by atoms with Crippen LogP contribution in [0, 0.1) is 6.92 Å². The molecule has 8 heteroatoms. The molecule has 0 aliphatic heterocycles. The summed E-state index contributed by atoms with van der Waals surface area (Å²) < 4.78 is 39.2. The first-order valence-corrected chi connectivity index (χ1v) is 8.32. The van der Waals surface area contributed by atoms with E-state index in [4.69, 9.17) is 5.84 Å². The quantitative estimate of drug-likeness (QED) is 0.436. The largest absolute Gasteiger partial charge is 0.416 e. The minimum Gasteiger partial charge on any atom is -0.334 e. The lowest BCUT2D eigenvalue weighted by Gasteiger charge is -2.10. The van der Waals surface area contributed by atoms with Crippen LogP contribution in [0.2, 0.25) is 0 Å². The highest BCUT2D eigenvalue weighted by atomic mass is 32.2. The Morgan fingerprint density at radius 1 is 1.20 bits per heavy atom. The van der Waals surface area contributed by atoms with Crippen molar-refractivity contribution in [1.82, 2.24) is 9.66 Å². The molecule has 0 radical (unpaired) electrons. The zero-order valence-electron chi connectivity index (χ0n) is 13.2. The van der Waals surface area contributed by atoms with Gasteiger partial charge in [0.2, 0.25) is 0 Å². The average molecular weight is 365 g/mol. The first kappa shape index (κ1) is 17.3. The molecule has 130 valence electrons. The van der Waals surface area contributed by atoms with Gasteiger partial charge in [-0.2, -0.15) is 13.2 Å². The molecule has 2 N–H and O–H groups in total. The zero-order valence-corrected chi connectivity index (χ0v) is 14.0. The second-order valence-electron chi connectivity index (χ2n) is 5.58. The molecule has 0 aliphatic carbocycles. The van der Waals surface area contributed by atoms with Gasteiger partial charge in [-0.3, -0.25) is 4.79 Å². The third-order valence-electron chi connectivity index (χ3n) is 3.65. The van der Waals surface area contributed by atoms with E-state index >= 15 is 0 Å². The first-order valence-electron chi connectivity index (χ1n) is 7.33. The van der Waals surface area contributed by atoms with Crippen LogP contribution in [-0.4, -0.2) is 9.66 Å². The summed E-state index contributed by atoms with van der Waals surface area (Å²) in [6.45, 7) is 1.86. The maximum absolute atomic E-state index is 12.8. The highest BCUT2D eigenvalue weighted by molar-refractivity contribution is 7.98. The Morgan fingerprint density at radius 3 is 2.68 bits per heavy atom. The summed E-state index contributed by atoms with van der Waals surface area (Å²) >= 11 is 1.11. The summed E-state index contributed by atoms with van der Waals surface area (Å²) in [4.78, 5) is 16.7. The molecule has 0 amide bonds. The van der Waals surface area contributed by atoms with E-state index in [0.717, 1.165) is 34.1 Å². The second-order valence-corrected chi connectivity index (χ2v) is 6.52. The van der Waals surface area contributed by atoms with Gasteiger partial charge in [0.25, 0.3) is 5.56 Å². The lowest BCUT2D eigenvalue weighted by Crippen LogP contribution is -2.29. The average Bonchev–Trinajstić information content (AvgIpc) is 2.57. The van der Waals surface area contributed by atoms with Crippen LogP contribution in [-0.2, 0) is 11.9 Å². The number of alkyl halides is 3. The van der Waals surface area contributed by atoms with E-state index in [0.29, 0.717) is 16.5 Å². The van der Waals surface area contributed by atoms with Gasteiger partial charge in [0.05, 0.1) is 16.5 Å². The number of thioether (sulfide) groups is 1. The van der Waals surface area contributed by atoms with E-state index in [1.165, 1.54) is 6.07 Å². The van der Waals surface area contributed by atoms with Gasteiger partial charge in [0, 0.05) is 5.75 Å². The van der Waals surface area contributed by atoms with E-state index in [2.05, 4.69) is 4.98 Å². The molecule has 0 bridgehead atoms. The predicted molar refractivity (Wildman–Crippen MR) is 91.9 cm³/mol. The Morgan fingerprint density at radius 2 is 1.96 bits per heavy atom. The molecule has 0 spiro atoms. The fourth-order valence-corrected chi connectivity index (χ4v) is 3.24. The Labute approximate surface area is 145 Å². The van der Waals surface area contributed by atoms with Crippen LogP contribution in [0.5, 0.6) is 0 Å². The van der Waals surface area contributed by atoms with Crippen molar-refractivity contribution in [3.8, 4) is 0 Å². The van der Waals surface area contributed by atoms with Crippen LogP contribution in [0.1, 0.15) is 16.7 Å². The number of hydrogen-bond acceptors (Lipinski definition) is 4. The molecule has 0 fully saturated rings. The fourth-order valence-electron chi connectivity index (χ4n) is 2.38. The summed E-state index contributed by atoms with van der Waals surface area (Å²) in [5.74, 6) is 6.02. The molecule has 1 heterocycles. The summed E-state index contributed by atoms with van der Waals surface area (Å²) in [6, 6.07) is 10.3. The van der Waals surface area contributed by atoms with Crippen LogP contribution >= 0.6 is 11.8 Å². The van der Waals surface area contributed by atoms with Crippen molar-refractivity contribution >= 4 is 22.7 Å². The van der Waals surface area contributed by atoms with Crippen molar-refractivity contribution < 1.29 is 13.2 Å². The minimum atomic E-state index is -4.39. The highest BCUT2D eigenvalue weighted by Crippen LogP contribution is 2.31. The monoisotopic (exact) mass is 365 g/mol. The number of nitrogen functional groups attached to an aromatic ring is 1. The molecule has 25 heavy (non-hydrogen) atoms. The minimum absolute atomic E-state index is 0.213. The molecule has 1 aromatic heterocycles. The number of aromatic nitrogens is 2. The van der Waals surface area contributed by atoms with Crippen molar-refractivity contribution in [3.05, 3.63) is 69.5 Å². The molecule has 0 unspecified atom stereocenters. The standard InChI is InChI=1S/C17H14F3N3OS/c1-10-5-6-14-13(7-10)15(24)23(21)16(22-14)25-9-11-3-2-4-12(8-11)17(18,19)20/h2-8H,9,21H2,1H3. The predicted octanol–water partition coefficient (Wildman–Crippen LogP) is 3.73. The topological polar surface area (TPSA) is 60.9 Å². The van der Waals surface area contributed by atoms with Gasteiger partial charge in [0.1, 0.15) is 0 Å². The molecule has 2 aromatic carbocycles. The van der Waals surface area contributed by atoms with E-state index in [1.807, 2.05) is 13.0 Å². The first-order chi connectivity index (χ1) is 11.8. The summed E-state index contributed by atoms with van der Waals surface area (Å²) in [7, 11) is 0. The van der Waals surface area contributed by atoms with E-state index in [-0.39, 0.29) is 16.5 Å². The maximum Gasteiger partial charge on any atom is 0.416 e. The third-order valence-corrected chi connectivity index (χ3v) is 4.67. The summed E-state index contributed by atoms with van der Waals surface area (Å²) in [5, 5.41) is 0.657. The van der Waals surface area contributed by atoms with E-state index in [1.54, 1.807) is 18.2 Å². The normalized spacial score (nSPS) is 11.8. The molecular formula is C17H14F3N3OS. The van der Waals surface area contributed by atoms with Crippen LogP contribution in [0.4, 0.5) is 13.2 Å². The highest BCUT2D eigenvalue weighted by Gasteiger charge is 2.30. The van der Waals surface area contributed by atoms with Crippen molar-refractivity contribution in [2.24, 2.45) is 0 Å². The molecule has 3 rings (SSSR count). The molecule has 0 saturated heterocycles. The summed E-state index contributed by atoms with van der Waals surface area (Å²) in [5.41, 5.74) is 0.788. The van der Waals surface area contributed by atoms with E-state index in [9.17, 15) is 18.0 Å². The Bertz CT molecular complexity index is 999. The number of rotatable bonds is 3. The number of nitrogens with two attached hydrogens (primary N) is 1. The van der Waals surface area contributed by atoms with Crippen molar-refractivity contribution in [3.63, 3.8) is 0 Å². The van der Waals surface area contributed by atoms with Crippen LogP contribution in [0.3, 0.4) is 0 Å². The van der Waals surface area contributed by atoms with Gasteiger partial charge in [0.15, 0.2) is 5.16 Å². The zero-order chi connectivity index (χ0) is 18.2. The number of fused-ring (bicyclic) bond motifs is 1. The molecule has 0 saturated carbocycles. The van der Waals surface area contributed by atoms with Gasteiger partial charge in [-0.05, 0) is 30.7 Å². The van der Waals surface area contributed by atoms with Crippen LogP contribution in [0.25, 0.3) is 10.9 Å². The van der Waals surface area contributed by atoms with E-state index < -0.39 is 11.7 Å². The molecule has 0 aliphatic rings. The van der Waals surface area contributed by atoms with Crippen molar-refractivity contribution in [2.75, 3.05) is 5.84 Å². The smallest absolute Gasteiger partial charge is 0.334 e. The Hall–Kier alpha value is -2.48. The number of halogens is 3. The van der Waals surface area contributed by atoms with Gasteiger partial charge in [-0.15, -0.1) is 0 Å². The second kappa shape index (κ2) is 6.44. The lowest BCUT2D eigenvalue weighted by atomic mass is 10.1. The van der Waals surface area contributed by atoms with Gasteiger partial charge < -0.3 is 5.84 Å². The Kier molecular flexibility index (Phi) is 4.47. The Balaban J connectivity index is 1.90. The van der Waals surface area contributed by atoms with Crippen LogP contribution in [0.15, 0.2) is 52.4 Å². The number of nitrogens with zero attached hydrogens (tertiary/aromatic N) is 2. The SMILES string of the molecule is Cc1ccc2nc(SCc3cccc(C(F)(F)F)c3)n(N)c(=O)c2c1. The van der Waals surface area contributed by atoms with Gasteiger partial charge in [-0.25, -0.2) is 9.66 Å². The van der Waals surface area contributed by atoms with Crippen molar-refractivity contribution in [1.29, 1.82) is 0 Å². The molecule has 0 atom stereocenters. The van der Waals surface area contributed by atoms with Gasteiger partial charge >= 0.3 is 6.18 Å². The summed E-state index contributed by atoms with van der Waals surface area (Å²) in [6.07, 6.45) is -4.39.